The van der Waals surface area contributed by atoms with E-state index in [1.165, 1.54) is 13.0 Å². The largest absolute Gasteiger partial charge is 2.00 e. The van der Waals surface area contributed by atoms with Crippen LogP contribution in [0, 0.1) is 0 Å². The third kappa shape index (κ3) is 1.17. The molecule has 2 aliphatic heterocycles. The molecule has 0 aromatic rings. The molecule has 2 saturated heterocycles. The van der Waals surface area contributed by atoms with Gasteiger partial charge in [0.25, 0.3) is 0 Å². The van der Waals surface area contributed by atoms with Gasteiger partial charge in [-0.3, -0.25) is 0 Å². The summed E-state index contributed by atoms with van der Waals surface area (Å²) < 4.78 is 0. The van der Waals surface area contributed by atoms with Crippen molar-refractivity contribution >= 4 is 0 Å². The van der Waals surface area contributed by atoms with Crippen LogP contribution in [0.1, 0.15) is 6.42 Å². The van der Waals surface area contributed by atoms with Gasteiger partial charge in [-0.15, -0.1) is 12.6 Å². The van der Waals surface area contributed by atoms with Gasteiger partial charge in [-0.05, 0) is 19.6 Å². The molecule has 0 saturated carbocycles. The molecular weight excluding hydrogens is 151 g/mol. The zero-order chi connectivity index (χ0) is 5.56. The van der Waals surface area contributed by atoms with Gasteiger partial charge in [-0.2, -0.15) is 0 Å². The molecule has 1 radical (unpaired) electrons. The Morgan fingerprint density at radius 1 is 1.56 bits per heavy atom. The van der Waals surface area contributed by atoms with E-state index in [-0.39, 0.29) is 18.6 Å². The van der Waals surface area contributed by atoms with E-state index in [4.69, 9.17) is 0 Å². The van der Waals surface area contributed by atoms with Crippen molar-refractivity contribution in [2.75, 3.05) is 20.1 Å². The zero-order valence-corrected chi connectivity index (χ0v) is 7.01. The van der Waals surface area contributed by atoms with Crippen LogP contribution >= 0.6 is 0 Å². The Hall–Kier alpha value is 0.504. The molecule has 0 aromatic carbocycles. The van der Waals surface area contributed by atoms with Crippen molar-refractivity contribution in [3.05, 3.63) is 5.32 Å². The molecule has 2 bridgehead atoms. The maximum atomic E-state index is 4.41. The topological polar surface area (TPSA) is 17.3 Å². The molecule has 0 spiro atoms. The first kappa shape index (κ1) is 7.61. The Kier molecular flexibility index (Phi) is 2.22. The second kappa shape index (κ2) is 2.63. The van der Waals surface area contributed by atoms with Crippen LogP contribution in [0.15, 0.2) is 0 Å². The summed E-state index contributed by atoms with van der Waals surface area (Å²) in [6.45, 7) is 2.31. The minimum absolute atomic E-state index is 0. The predicted octanol–water partition coefficient (Wildman–Crippen LogP) is 0.444. The molecule has 2 nitrogen and oxygen atoms in total. The Morgan fingerprint density at radius 3 is 2.56 bits per heavy atom. The van der Waals surface area contributed by atoms with Gasteiger partial charge in [0.2, 0.25) is 0 Å². The molecule has 2 fully saturated rings. The molecule has 0 aromatic heterocycles. The third-order valence-corrected chi connectivity index (χ3v) is 2.24. The maximum Gasteiger partial charge on any atom is 2.00 e. The van der Waals surface area contributed by atoms with Crippen molar-refractivity contribution in [2.24, 2.45) is 0 Å². The number of hydrogen-bond donors (Lipinski definition) is 0. The standard InChI is InChI=1S/C6H11N2.V/c1-8-4-5-2-6(8)3-7-5;/h5-6H,2-4H2,1H3;/q-1;+2. The van der Waals surface area contributed by atoms with Crippen molar-refractivity contribution in [3.8, 4) is 0 Å². The van der Waals surface area contributed by atoms with Crippen LogP contribution < -0.4 is 0 Å². The number of piperazine rings is 1. The Labute approximate surface area is 67.9 Å². The van der Waals surface area contributed by atoms with E-state index in [1.54, 1.807) is 0 Å². The van der Waals surface area contributed by atoms with Crippen LogP contribution in [0.2, 0.25) is 0 Å². The SMILES string of the molecule is CN1CC2CC1C[N-]2.[V+2]. The molecule has 2 heterocycles. The fraction of sp³-hybridized carbons (Fsp3) is 1.00. The van der Waals surface area contributed by atoms with Crippen LogP contribution in [0.4, 0.5) is 0 Å². The zero-order valence-electron chi connectivity index (χ0n) is 5.62. The molecule has 0 aliphatic carbocycles. The fourth-order valence-electron chi connectivity index (χ4n) is 1.67. The van der Waals surface area contributed by atoms with E-state index in [0.717, 1.165) is 12.6 Å². The van der Waals surface area contributed by atoms with Gasteiger partial charge in [0.05, 0.1) is 0 Å². The minimum Gasteiger partial charge on any atom is -0.657 e. The molecule has 0 amide bonds. The summed E-state index contributed by atoms with van der Waals surface area (Å²) in [7, 11) is 2.19. The summed E-state index contributed by atoms with van der Waals surface area (Å²) in [5.41, 5.74) is 0. The van der Waals surface area contributed by atoms with Crippen LogP contribution in [-0.4, -0.2) is 37.1 Å². The molecule has 2 aliphatic rings. The second-order valence-electron chi connectivity index (χ2n) is 2.85. The number of hydrogen-bond acceptors (Lipinski definition) is 1. The number of nitrogens with zero attached hydrogens (tertiary/aromatic N) is 2. The van der Waals surface area contributed by atoms with Gasteiger partial charge in [-0.1, -0.05) is 6.42 Å². The summed E-state index contributed by atoms with van der Waals surface area (Å²) in [4.78, 5) is 2.41. The molecule has 2 unspecified atom stereocenters. The van der Waals surface area contributed by atoms with Gasteiger partial charge >= 0.3 is 18.6 Å². The molecule has 2 rings (SSSR count). The Bertz CT molecular complexity index is 105. The van der Waals surface area contributed by atoms with Crippen molar-refractivity contribution in [3.63, 3.8) is 0 Å². The maximum absolute atomic E-state index is 4.41. The van der Waals surface area contributed by atoms with Crippen molar-refractivity contribution in [2.45, 2.75) is 18.5 Å². The van der Waals surface area contributed by atoms with E-state index in [1.807, 2.05) is 0 Å². The first-order valence-electron chi connectivity index (χ1n) is 3.23. The first-order valence-corrected chi connectivity index (χ1v) is 3.23. The fourth-order valence-corrected chi connectivity index (χ4v) is 1.67. The summed E-state index contributed by atoms with van der Waals surface area (Å²) >= 11 is 0. The molecule has 49 valence electrons. The number of fused-ring (bicyclic) bond motifs is 2. The Morgan fingerprint density at radius 2 is 2.33 bits per heavy atom. The van der Waals surface area contributed by atoms with E-state index in [9.17, 15) is 0 Å². The van der Waals surface area contributed by atoms with Gasteiger partial charge in [0.15, 0.2) is 0 Å². The van der Waals surface area contributed by atoms with E-state index in [0.29, 0.717) is 6.04 Å². The molecule has 0 N–H and O–H groups in total. The monoisotopic (exact) mass is 162 g/mol. The molecule has 9 heavy (non-hydrogen) atoms. The Balaban J connectivity index is 0.000000405. The van der Waals surface area contributed by atoms with Gasteiger partial charge in [0.1, 0.15) is 0 Å². The van der Waals surface area contributed by atoms with E-state index < -0.39 is 0 Å². The van der Waals surface area contributed by atoms with Gasteiger partial charge in [0, 0.05) is 0 Å². The van der Waals surface area contributed by atoms with Crippen molar-refractivity contribution in [1.29, 1.82) is 0 Å². The number of likely N-dealkylation sites (N-methyl/N-ethyl adjacent to an activating group) is 1. The smallest absolute Gasteiger partial charge is 0.657 e. The van der Waals surface area contributed by atoms with Crippen LogP contribution in [0.3, 0.4) is 0 Å². The summed E-state index contributed by atoms with van der Waals surface area (Å²) in [5.74, 6) is 0. The minimum atomic E-state index is 0. The van der Waals surface area contributed by atoms with Crippen molar-refractivity contribution < 1.29 is 18.6 Å². The summed E-state index contributed by atoms with van der Waals surface area (Å²) in [6, 6.07) is 1.50. The average Bonchev–Trinajstić information content (AvgIpc) is 2.23. The summed E-state index contributed by atoms with van der Waals surface area (Å²) in [6.07, 6.45) is 1.33. The predicted molar refractivity (Wildman–Crippen MR) is 33.0 cm³/mol. The quantitative estimate of drug-likeness (QED) is 0.505. The van der Waals surface area contributed by atoms with Gasteiger partial charge < -0.3 is 10.2 Å². The molecule has 2 atom stereocenters. The van der Waals surface area contributed by atoms with E-state index in [2.05, 4.69) is 17.3 Å². The normalized spacial score (nSPS) is 41.0. The van der Waals surface area contributed by atoms with Crippen LogP contribution in [0.5, 0.6) is 0 Å². The number of likely N-dealkylation sites (tertiary alicyclic amines) is 1. The van der Waals surface area contributed by atoms with Crippen LogP contribution in [-0.2, 0) is 18.6 Å². The average molecular weight is 162 g/mol. The molecular formula is C6H11N2V+. The van der Waals surface area contributed by atoms with Gasteiger partial charge in [-0.25, -0.2) is 0 Å². The van der Waals surface area contributed by atoms with E-state index >= 15 is 0 Å². The van der Waals surface area contributed by atoms with Crippen LogP contribution in [0.25, 0.3) is 5.32 Å². The summed E-state index contributed by atoms with van der Waals surface area (Å²) in [5, 5.41) is 4.41. The molecule has 3 heteroatoms. The second-order valence-corrected chi connectivity index (χ2v) is 2.85. The third-order valence-electron chi connectivity index (χ3n) is 2.24. The first-order chi connectivity index (χ1) is 3.86. The van der Waals surface area contributed by atoms with Crippen molar-refractivity contribution in [1.82, 2.24) is 4.90 Å². The number of rotatable bonds is 0.